The molecule has 1 aliphatic heterocycles. The highest BCUT2D eigenvalue weighted by Gasteiger charge is 2.27. The summed E-state index contributed by atoms with van der Waals surface area (Å²) >= 11 is 0. The summed E-state index contributed by atoms with van der Waals surface area (Å²) in [7, 11) is 0. The zero-order valence-electron chi connectivity index (χ0n) is 14.9. The van der Waals surface area contributed by atoms with E-state index < -0.39 is 0 Å². The summed E-state index contributed by atoms with van der Waals surface area (Å²) in [4.78, 5) is 26.7. The number of halogens is 1. The van der Waals surface area contributed by atoms with E-state index in [0.717, 1.165) is 11.1 Å². The van der Waals surface area contributed by atoms with Crippen molar-refractivity contribution in [2.24, 2.45) is 5.92 Å². The maximum Gasteiger partial charge on any atom is 0.227 e. The van der Waals surface area contributed by atoms with Crippen LogP contribution in [0.2, 0.25) is 0 Å². The average Bonchev–Trinajstić information content (AvgIpc) is 2.64. The van der Waals surface area contributed by atoms with Crippen molar-refractivity contribution in [1.29, 1.82) is 0 Å². The Labute approximate surface area is 153 Å². The van der Waals surface area contributed by atoms with E-state index in [1.807, 2.05) is 36.1 Å². The van der Waals surface area contributed by atoms with Gasteiger partial charge in [-0.15, -0.1) is 0 Å². The molecule has 136 valence electrons. The topological polar surface area (TPSA) is 49.4 Å². The maximum absolute atomic E-state index is 13.2. The number of benzene rings is 2. The average molecular weight is 354 g/mol. The lowest BCUT2D eigenvalue weighted by Gasteiger charge is -2.31. The highest BCUT2D eigenvalue weighted by atomic mass is 19.1. The van der Waals surface area contributed by atoms with E-state index in [9.17, 15) is 14.0 Å². The number of carbonyl (C=O) groups is 2. The van der Waals surface area contributed by atoms with Gasteiger partial charge in [-0.25, -0.2) is 4.39 Å². The number of nitrogens with one attached hydrogen (secondary N) is 1. The summed E-state index contributed by atoms with van der Waals surface area (Å²) in [5.74, 6) is -0.537. The number of rotatable bonds is 4. The maximum atomic E-state index is 13.2. The minimum Gasteiger partial charge on any atom is -0.342 e. The lowest BCUT2D eigenvalue weighted by atomic mass is 9.95. The molecular weight excluding hydrogens is 331 g/mol. The zero-order valence-corrected chi connectivity index (χ0v) is 14.9. The second-order valence-electron chi connectivity index (χ2n) is 6.76. The van der Waals surface area contributed by atoms with Gasteiger partial charge in [0.15, 0.2) is 0 Å². The number of anilines is 1. The van der Waals surface area contributed by atoms with Crippen molar-refractivity contribution in [3.05, 3.63) is 65.5 Å². The third-order valence-electron chi connectivity index (χ3n) is 4.91. The Morgan fingerprint density at radius 3 is 2.54 bits per heavy atom. The van der Waals surface area contributed by atoms with Crippen LogP contribution in [0.4, 0.5) is 10.1 Å². The summed E-state index contributed by atoms with van der Waals surface area (Å²) < 4.78 is 13.2. The Hall–Kier alpha value is -2.69. The van der Waals surface area contributed by atoms with Crippen molar-refractivity contribution in [2.75, 3.05) is 18.4 Å². The fourth-order valence-electron chi connectivity index (χ4n) is 3.28. The van der Waals surface area contributed by atoms with Gasteiger partial charge in [0.1, 0.15) is 5.82 Å². The Morgan fingerprint density at radius 1 is 1.12 bits per heavy atom. The first kappa shape index (κ1) is 18.1. The first-order valence-electron chi connectivity index (χ1n) is 8.91. The molecule has 3 rings (SSSR count). The molecule has 1 N–H and O–H groups in total. The molecule has 0 radical (unpaired) electrons. The molecule has 0 saturated carbocycles. The predicted molar refractivity (Wildman–Crippen MR) is 99.2 cm³/mol. The van der Waals surface area contributed by atoms with E-state index in [-0.39, 0.29) is 23.5 Å². The fraction of sp³-hybridized carbons (Fsp3) is 0.333. The number of hydrogen-bond donors (Lipinski definition) is 1. The van der Waals surface area contributed by atoms with Crippen molar-refractivity contribution < 1.29 is 14.0 Å². The highest BCUT2D eigenvalue weighted by Crippen LogP contribution is 2.21. The third-order valence-corrected chi connectivity index (χ3v) is 4.91. The van der Waals surface area contributed by atoms with Gasteiger partial charge in [0, 0.05) is 24.7 Å². The Balaban J connectivity index is 1.51. The largest absolute Gasteiger partial charge is 0.342 e. The van der Waals surface area contributed by atoms with Gasteiger partial charge in [-0.3, -0.25) is 9.59 Å². The predicted octanol–water partition coefficient (Wildman–Crippen LogP) is 3.55. The van der Waals surface area contributed by atoms with E-state index in [1.54, 1.807) is 12.1 Å². The highest BCUT2D eigenvalue weighted by molar-refractivity contribution is 5.92. The molecule has 0 bridgehead atoms. The van der Waals surface area contributed by atoms with Crippen molar-refractivity contribution in [3.8, 4) is 0 Å². The number of aryl methyl sites for hydroxylation is 1. The van der Waals surface area contributed by atoms with Gasteiger partial charge >= 0.3 is 0 Å². The van der Waals surface area contributed by atoms with Crippen LogP contribution in [-0.2, 0) is 16.0 Å². The minimum atomic E-state index is -0.376. The van der Waals surface area contributed by atoms with Crippen LogP contribution in [0.3, 0.4) is 0 Å². The molecular formula is C21H23FN2O2. The number of carbonyl (C=O) groups excluding carboxylic acids is 2. The van der Waals surface area contributed by atoms with Gasteiger partial charge in [0.2, 0.25) is 11.8 Å². The van der Waals surface area contributed by atoms with Gasteiger partial charge in [0.05, 0.1) is 6.42 Å². The Bertz CT molecular complexity index is 798. The van der Waals surface area contributed by atoms with Crippen LogP contribution in [0.15, 0.2) is 48.5 Å². The van der Waals surface area contributed by atoms with Gasteiger partial charge in [-0.05, 0) is 49.1 Å². The number of nitrogens with zero attached hydrogens (tertiary/aromatic N) is 1. The van der Waals surface area contributed by atoms with Crippen LogP contribution in [-0.4, -0.2) is 29.8 Å². The van der Waals surface area contributed by atoms with Crippen molar-refractivity contribution in [1.82, 2.24) is 4.90 Å². The number of likely N-dealkylation sites (tertiary alicyclic amines) is 1. The van der Waals surface area contributed by atoms with Crippen molar-refractivity contribution in [2.45, 2.75) is 26.2 Å². The molecule has 2 aromatic carbocycles. The van der Waals surface area contributed by atoms with Crippen LogP contribution in [0.25, 0.3) is 0 Å². The second kappa shape index (κ2) is 8.13. The summed E-state index contributed by atoms with van der Waals surface area (Å²) in [6.07, 6.45) is 1.65. The first-order chi connectivity index (χ1) is 12.5. The van der Waals surface area contributed by atoms with Gasteiger partial charge in [-0.2, -0.15) is 0 Å². The van der Waals surface area contributed by atoms with E-state index in [2.05, 4.69) is 5.32 Å². The smallest absolute Gasteiger partial charge is 0.227 e. The van der Waals surface area contributed by atoms with Gasteiger partial charge < -0.3 is 10.2 Å². The molecule has 2 aromatic rings. The van der Waals surface area contributed by atoms with Gasteiger partial charge in [0.25, 0.3) is 0 Å². The SMILES string of the molecule is Cc1ccccc1CC(=O)N1CCC(C(=O)Nc2cccc(F)c2)CC1. The monoisotopic (exact) mass is 354 g/mol. The van der Waals surface area contributed by atoms with E-state index in [0.29, 0.717) is 38.0 Å². The summed E-state index contributed by atoms with van der Waals surface area (Å²) in [5.41, 5.74) is 2.63. The summed E-state index contributed by atoms with van der Waals surface area (Å²) in [5, 5.41) is 2.76. The minimum absolute atomic E-state index is 0.100. The third kappa shape index (κ3) is 4.48. The summed E-state index contributed by atoms with van der Waals surface area (Å²) in [6, 6.07) is 13.8. The molecule has 0 aliphatic carbocycles. The Morgan fingerprint density at radius 2 is 1.85 bits per heavy atom. The number of hydrogen-bond acceptors (Lipinski definition) is 2. The van der Waals surface area contributed by atoms with Crippen LogP contribution in [0.1, 0.15) is 24.0 Å². The zero-order chi connectivity index (χ0) is 18.5. The molecule has 0 atom stereocenters. The van der Waals surface area contributed by atoms with Crippen LogP contribution in [0.5, 0.6) is 0 Å². The molecule has 4 nitrogen and oxygen atoms in total. The van der Waals surface area contributed by atoms with E-state index >= 15 is 0 Å². The quantitative estimate of drug-likeness (QED) is 0.913. The standard InChI is InChI=1S/C21H23FN2O2/c1-15-5-2-3-6-17(15)13-20(25)24-11-9-16(10-12-24)21(26)23-19-8-4-7-18(22)14-19/h2-8,14,16H,9-13H2,1H3,(H,23,26). The lowest BCUT2D eigenvalue weighted by molar-refractivity contribution is -0.133. The molecule has 0 unspecified atom stereocenters. The molecule has 1 heterocycles. The van der Waals surface area contributed by atoms with E-state index in [1.165, 1.54) is 12.1 Å². The second-order valence-corrected chi connectivity index (χ2v) is 6.76. The Kier molecular flexibility index (Phi) is 5.66. The number of piperidine rings is 1. The van der Waals surface area contributed by atoms with Crippen molar-refractivity contribution >= 4 is 17.5 Å². The van der Waals surface area contributed by atoms with Crippen LogP contribution in [0, 0.1) is 18.7 Å². The first-order valence-corrected chi connectivity index (χ1v) is 8.91. The summed E-state index contributed by atoms with van der Waals surface area (Å²) in [6.45, 7) is 3.16. The molecule has 26 heavy (non-hydrogen) atoms. The molecule has 0 aromatic heterocycles. The molecule has 1 saturated heterocycles. The lowest BCUT2D eigenvalue weighted by Crippen LogP contribution is -2.42. The molecule has 1 fully saturated rings. The molecule has 1 aliphatic rings. The molecule has 2 amide bonds. The van der Waals surface area contributed by atoms with Crippen LogP contribution >= 0.6 is 0 Å². The van der Waals surface area contributed by atoms with Crippen molar-refractivity contribution in [3.63, 3.8) is 0 Å². The fourth-order valence-corrected chi connectivity index (χ4v) is 3.28. The molecule has 0 spiro atoms. The van der Waals surface area contributed by atoms with E-state index in [4.69, 9.17) is 0 Å². The van der Waals surface area contributed by atoms with Gasteiger partial charge in [-0.1, -0.05) is 30.3 Å². The molecule has 5 heteroatoms. The van der Waals surface area contributed by atoms with Crippen LogP contribution < -0.4 is 5.32 Å². The number of amides is 2. The normalized spacial score (nSPS) is 14.9.